The molecule has 0 aliphatic carbocycles. The lowest BCUT2D eigenvalue weighted by atomic mass is 9.94. The van der Waals surface area contributed by atoms with E-state index in [1.165, 1.54) is 30.6 Å². The van der Waals surface area contributed by atoms with Crippen LogP contribution in [0.1, 0.15) is 31.9 Å². The number of nitrogens with zero attached hydrogens (tertiary/aromatic N) is 3. The fourth-order valence-electron chi connectivity index (χ4n) is 3.34. The molecule has 5 nitrogen and oxygen atoms in total. The van der Waals surface area contributed by atoms with Crippen LogP contribution >= 0.6 is 0 Å². The number of aromatic nitrogens is 1. The molecule has 0 saturated heterocycles. The number of nitriles is 1. The molecule has 1 aromatic heterocycles. The summed E-state index contributed by atoms with van der Waals surface area (Å²) < 4.78 is 69.5. The van der Waals surface area contributed by atoms with Gasteiger partial charge >= 0.3 is 12.1 Å². The van der Waals surface area contributed by atoms with Gasteiger partial charge < -0.3 is 10.6 Å². The Balaban J connectivity index is 2.56. The van der Waals surface area contributed by atoms with Crippen LogP contribution in [0.4, 0.5) is 22.0 Å². The van der Waals surface area contributed by atoms with E-state index in [0.717, 1.165) is 12.1 Å². The van der Waals surface area contributed by atoms with Crippen LogP contribution in [0.25, 0.3) is 11.1 Å². The minimum Gasteiger partial charge on any atom is -0.320 e. The molecule has 0 aliphatic heterocycles. The molecule has 0 bridgehead atoms. The van der Waals surface area contributed by atoms with Crippen LogP contribution in [0.3, 0.4) is 0 Å². The Morgan fingerprint density at radius 2 is 1.59 bits per heavy atom. The van der Waals surface area contributed by atoms with Crippen molar-refractivity contribution in [1.82, 2.24) is 9.88 Å². The smallest absolute Gasteiger partial charge is 0.320 e. The first-order chi connectivity index (χ1) is 14.9. The zero-order valence-corrected chi connectivity index (χ0v) is 17.5. The van der Waals surface area contributed by atoms with Crippen molar-refractivity contribution in [1.29, 1.82) is 5.26 Å². The van der Waals surface area contributed by atoms with Crippen LogP contribution in [-0.2, 0) is 4.79 Å². The third-order valence-corrected chi connectivity index (χ3v) is 4.84. The molecule has 2 N–H and O–H groups in total. The summed E-state index contributed by atoms with van der Waals surface area (Å²) in [5.74, 6) is -6.58. The van der Waals surface area contributed by atoms with Crippen molar-refractivity contribution >= 4 is 5.91 Å². The Morgan fingerprint density at radius 3 is 2.06 bits per heavy atom. The predicted molar refractivity (Wildman–Crippen MR) is 108 cm³/mol. The van der Waals surface area contributed by atoms with Gasteiger partial charge in [-0.3, -0.25) is 9.78 Å². The van der Waals surface area contributed by atoms with E-state index in [1.54, 1.807) is 26.0 Å². The average molecular weight is 454 g/mol. The highest BCUT2D eigenvalue weighted by Crippen LogP contribution is 2.47. The quantitative estimate of drug-likeness (QED) is 0.463. The van der Waals surface area contributed by atoms with Gasteiger partial charge in [-0.05, 0) is 41.2 Å². The van der Waals surface area contributed by atoms with E-state index < -0.39 is 42.2 Å². The van der Waals surface area contributed by atoms with Crippen LogP contribution < -0.4 is 5.73 Å². The van der Waals surface area contributed by atoms with Crippen LogP contribution in [0.2, 0.25) is 0 Å². The van der Waals surface area contributed by atoms with Crippen molar-refractivity contribution in [2.24, 2.45) is 11.7 Å². The van der Waals surface area contributed by atoms with E-state index in [1.807, 2.05) is 0 Å². The number of alkyl halides is 5. The van der Waals surface area contributed by atoms with Crippen LogP contribution in [-0.4, -0.2) is 40.5 Å². The minimum absolute atomic E-state index is 0.0616. The van der Waals surface area contributed by atoms with E-state index in [0.29, 0.717) is 11.1 Å². The predicted octanol–water partition coefficient (Wildman–Crippen LogP) is 4.71. The molecule has 2 rings (SSSR count). The molecule has 0 unspecified atom stereocenters. The molecule has 0 saturated carbocycles. The molecular formula is C22H23F5N4O. The standard InChI is InChI=1S/C22H23F5N4O/c1-14(2)13-18(29)20(32)31(12-9-28)19(21(23,24)22(25,26)27)17-5-3-15(4-6-17)16-7-10-30-11-8-16/h3-8,10-11,14,18-19H,12-13,29H2,1-2H3/t18-,19-/m0/s1. The molecule has 32 heavy (non-hydrogen) atoms. The molecule has 0 aliphatic rings. The molecule has 2 aromatic rings. The number of benzene rings is 1. The van der Waals surface area contributed by atoms with E-state index in [-0.39, 0.29) is 17.2 Å². The minimum atomic E-state index is -5.96. The maximum atomic E-state index is 14.7. The normalized spacial score (nSPS) is 14.0. The van der Waals surface area contributed by atoms with Crippen molar-refractivity contribution < 1.29 is 26.7 Å². The molecule has 1 heterocycles. The van der Waals surface area contributed by atoms with Crippen LogP contribution in [0.15, 0.2) is 48.8 Å². The number of carbonyl (C=O) groups excluding carboxylic acids is 1. The topological polar surface area (TPSA) is 83.0 Å². The largest absolute Gasteiger partial charge is 0.455 e. The lowest BCUT2D eigenvalue weighted by Crippen LogP contribution is -2.55. The van der Waals surface area contributed by atoms with E-state index in [2.05, 4.69) is 4.98 Å². The monoisotopic (exact) mass is 454 g/mol. The van der Waals surface area contributed by atoms with Gasteiger partial charge in [-0.15, -0.1) is 0 Å². The summed E-state index contributed by atoms with van der Waals surface area (Å²) in [5.41, 5.74) is 6.55. The fraction of sp³-hybridized carbons (Fsp3) is 0.409. The van der Waals surface area contributed by atoms with Gasteiger partial charge in [0.2, 0.25) is 5.91 Å². The highest BCUT2D eigenvalue weighted by molar-refractivity contribution is 5.82. The number of carbonyl (C=O) groups is 1. The Hall–Kier alpha value is -3.06. The molecule has 0 spiro atoms. The lowest BCUT2D eigenvalue weighted by molar-refractivity contribution is -0.303. The Morgan fingerprint density at radius 1 is 1.06 bits per heavy atom. The second-order valence-corrected chi connectivity index (χ2v) is 7.74. The van der Waals surface area contributed by atoms with Gasteiger partial charge in [0.1, 0.15) is 12.6 Å². The summed E-state index contributed by atoms with van der Waals surface area (Å²) in [5, 5.41) is 9.09. The average Bonchev–Trinajstić information content (AvgIpc) is 2.72. The molecule has 1 aromatic carbocycles. The molecule has 172 valence electrons. The Bertz CT molecular complexity index is 940. The number of hydrogen-bond acceptors (Lipinski definition) is 4. The zero-order valence-electron chi connectivity index (χ0n) is 17.5. The van der Waals surface area contributed by atoms with Crippen molar-refractivity contribution in [3.8, 4) is 17.2 Å². The van der Waals surface area contributed by atoms with Gasteiger partial charge in [0.15, 0.2) is 0 Å². The number of halogens is 5. The fourth-order valence-corrected chi connectivity index (χ4v) is 3.34. The first-order valence-corrected chi connectivity index (χ1v) is 9.78. The molecule has 0 fully saturated rings. The molecule has 2 atom stereocenters. The van der Waals surface area contributed by atoms with E-state index in [4.69, 9.17) is 11.0 Å². The van der Waals surface area contributed by atoms with Crippen molar-refractivity contribution in [2.75, 3.05) is 6.54 Å². The van der Waals surface area contributed by atoms with Crippen molar-refractivity contribution in [2.45, 2.75) is 44.5 Å². The first-order valence-electron chi connectivity index (χ1n) is 9.78. The maximum Gasteiger partial charge on any atom is 0.455 e. The summed E-state index contributed by atoms with van der Waals surface area (Å²) in [6.45, 7) is 2.47. The summed E-state index contributed by atoms with van der Waals surface area (Å²) >= 11 is 0. The third kappa shape index (κ3) is 5.59. The van der Waals surface area contributed by atoms with Crippen molar-refractivity contribution in [3.63, 3.8) is 0 Å². The summed E-state index contributed by atoms with van der Waals surface area (Å²) in [6.07, 6.45) is -2.88. The summed E-state index contributed by atoms with van der Waals surface area (Å²) in [4.78, 5) is 16.9. The summed E-state index contributed by atoms with van der Waals surface area (Å²) in [7, 11) is 0. The van der Waals surface area contributed by atoms with Gasteiger partial charge in [-0.2, -0.15) is 27.2 Å². The van der Waals surface area contributed by atoms with Crippen LogP contribution in [0, 0.1) is 17.2 Å². The Labute approximate surface area is 182 Å². The van der Waals surface area contributed by atoms with Gasteiger partial charge in [-0.1, -0.05) is 38.1 Å². The van der Waals surface area contributed by atoms with E-state index in [9.17, 15) is 26.7 Å². The number of amides is 1. The van der Waals surface area contributed by atoms with Crippen LogP contribution in [0.5, 0.6) is 0 Å². The second-order valence-electron chi connectivity index (χ2n) is 7.74. The molecule has 1 amide bonds. The Kier molecular flexibility index (Phi) is 7.91. The SMILES string of the molecule is CC(C)C[C@H](N)C(=O)N(CC#N)[C@@H](c1ccc(-c2ccncc2)cc1)C(F)(F)C(F)(F)F. The number of pyridine rings is 1. The molecule has 10 heteroatoms. The van der Waals surface area contributed by atoms with Gasteiger partial charge in [0.25, 0.3) is 0 Å². The van der Waals surface area contributed by atoms with Gasteiger partial charge in [-0.25, -0.2) is 0 Å². The zero-order chi connectivity index (χ0) is 24.1. The number of hydrogen-bond donors (Lipinski definition) is 1. The lowest BCUT2D eigenvalue weighted by Gasteiger charge is -2.38. The first kappa shape index (κ1) is 25.2. The number of rotatable bonds is 8. The maximum absolute atomic E-state index is 14.7. The third-order valence-electron chi connectivity index (χ3n) is 4.84. The second kappa shape index (κ2) is 10.0. The van der Waals surface area contributed by atoms with Gasteiger partial charge in [0, 0.05) is 12.4 Å². The number of nitrogens with two attached hydrogens (primary N) is 1. The molecule has 0 radical (unpaired) electrons. The molecular weight excluding hydrogens is 431 g/mol. The van der Waals surface area contributed by atoms with E-state index >= 15 is 0 Å². The van der Waals surface area contributed by atoms with Gasteiger partial charge in [0.05, 0.1) is 12.1 Å². The highest BCUT2D eigenvalue weighted by atomic mass is 19.4. The highest BCUT2D eigenvalue weighted by Gasteiger charge is 2.65. The van der Waals surface area contributed by atoms with Crippen molar-refractivity contribution in [3.05, 3.63) is 54.4 Å². The summed E-state index contributed by atoms with van der Waals surface area (Å²) in [6, 6.07) is 5.64.